The van der Waals surface area contributed by atoms with E-state index in [4.69, 9.17) is 0 Å². The van der Waals surface area contributed by atoms with Crippen LogP contribution in [0.1, 0.15) is 42.0 Å². The average Bonchev–Trinajstić information content (AvgIpc) is 2.76. The predicted molar refractivity (Wildman–Crippen MR) is 124 cm³/mol. The van der Waals surface area contributed by atoms with Crippen LogP contribution >= 0.6 is 0 Å². The molecule has 1 atom stereocenters. The standard InChI is InChI=1S/C23H22F4N4O3S/c1-12(15-5-4-6-17(19(15)24)23(25,26)27)28-21-16-11-18(14-7-9-35(33,34)10-8-14)31(3)22(32)20(16)29-13(2)30-21/h4-7,11-12H,8-10H2,1-3H3,(H,28,29,30)/t12-/m1/s1. The quantitative estimate of drug-likeness (QED) is 0.530. The maximum absolute atomic E-state index is 14.7. The van der Waals surface area contributed by atoms with Gasteiger partial charge >= 0.3 is 6.18 Å². The molecule has 0 spiro atoms. The van der Waals surface area contributed by atoms with E-state index in [0.717, 1.165) is 6.07 Å². The van der Waals surface area contributed by atoms with Gasteiger partial charge in [-0.25, -0.2) is 22.8 Å². The van der Waals surface area contributed by atoms with Crippen molar-refractivity contribution in [2.24, 2.45) is 7.05 Å². The summed E-state index contributed by atoms with van der Waals surface area (Å²) >= 11 is 0. The van der Waals surface area contributed by atoms with Gasteiger partial charge in [-0.2, -0.15) is 13.2 Å². The Morgan fingerprint density at radius 3 is 2.54 bits per heavy atom. The topological polar surface area (TPSA) is 94.0 Å². The van der Waals surface area contributed by atoms with Gasteiger partial charge in [0.2, 0.25) is 0 Å². The molecule has 3 aromatic rings. The first-order chi connectivity index (χ1) is 16.3. The van der Waals surface area contributed by atoms with Gasteiger partial charge in [0.1, 0.15) is 23.0 Å². The van der Waals surface area contributed by atoms with Crippen LogP contribution in [-0.4, -0.2) is 34.5 Å². The summed E-state index contributed by atoms with van der Waals surface area (Å²) in [5.41, 5.74) is -0.808. The highest BCUT2D eigenvalue weighted by Gasteiger charge is 2.35. The molecule has 7 nitrogen and oxygen atoms in total. The van der Waals surface area contributed by atoms with Crippen molar-refractivity contribution in [2.75, 3.05) is 16.8 Å². The van der Waals surface area contributed by atoms with Crippen LogP contribution < -0.4 is 10.9 Å². The molecular formula is C23H22F4N4O3S. The van der Waals surface area contributed by atoms with Gasteiger partial charge in [-0.3, -0.25) is 4.79 Å². The zero-order chi connectivity index (χ0) is 25.7. The number of aryl methyl sites for hydroxylation is 1. The lowest BCUT2D eigenvalue weighted by Gasteiger charge is -2.21. The van der Waals surface area contributed by atoms with Gasteiger partial charge in [0.25, 0.3) is 5.56 Å². The van der Waals surface area contributed by atoms with Gasteiger partial charge in [-0.15, -0.1) is 0 Å². The van der Waals surface area contributed by atoms with Crippen molar-refractivity contribution in [1.82, 2.24) is 14.5 Å². The third kappa shape index (κ3) is 4.79. The molecule has 186 valence electrons. The number of aromatic nitrogens is 3. The number of alkyl halides is 3. The Morgan fingerprint density at radius 2 is 1.91 bits per heavy atom. The summed E-state index contributed by atoms with van der Waals surface area (Å²) in [6.45, 7) is 3.04. The Morgan fingerprint density at radius 1 is 1.20 bits per heavy atom. The minimum absolute atomic E-state index is 0.0492. The van der Waals surface area contributed by atoms with Crippen LogP contribution in [0.2, 0.25) is 0 Å². The Balaban J connectivity index is 1.82. The molecule has 1 aliphatic rings. The molecule has 0 saturated heterocycles. The highest BCUT2D eigenvalue weighted by atomic mass is 32.2. The molecule has 0 aliphatic carbocycles. The molecule has 2 aromatic heterocycles. The van der Waals surface area contributed by atoms with E-state index in [-0.39, 0.29) is 40.6 Å². The number of nitrogens with zero attached hydrogens (tertiary/aromatic N) is 3. The molecule has 0 saturated carbocycles. The Hall–Kier alpha value is -3.28. The van der Waals surface area contributed by atoms with Crippen molar-refractivity contribution in [3.8, 4) is 0 Å². The van der Waals surface area contributed by atoms with Gasteiger partial charge in [-0.05, 0) is 38.0 Å². The molecule has 0 bridgehead atoms. The van der Waals surface area contributed by atoms with Crippen molar-refractivity contribution in [1.29, 1.82) is 0 Å². The largest absolute Gasteiger partial charge is 0.419 e. The summed E-state index contributed by atoms with van der Waals surface area (Å²) in [6, 6.07) is 3.75. The first-order valence-corrected chi connectivity index (χ1v) is 12.5. The van der Waals surface area contributed by atoms with E-state index >= 15 is 0 Å². The van der Waals surface area contributed by atoms with Crippen molar-refractivity contribution >= 4 is 32.1 Å². The van der Waals surface area contributed by atoms with Gasteiger partial charge in [-0.1, -0.05) is 18.2 Å². The summed E-state index contributed by atoms with van der Waals surface area (Å²) in [5.74, 6) is -1.19. The van der Waals surface area contributed by atoms with E-state index in [1.165, 1.54) is 17.6 Å². The molecule has 35 heavy (non-hydrogen) atoms. The molecule has 12 heteroatoms. The van der Waals surface area contributed by atoms with E-state index in [1.54, 1.807) is 26.1 Å². The molecule has 1 aromatic carbocycles. The summed E-state index contributed by atoms with van der Waals surface area (Å²) < 4.78 is 79.2. The van der Waals surface area contributed by atoms with Crippen LogP contribution in [0.3, 0.4) is 0 Å². The number of nitrogens with one attached hydrogen (secondary N) is 1. The zero-order valence-electron chi connectivity index (χ0n) is 19.1. The van der Waals surface area contributed by atoms with E-state index in [2.05, 4.69) is 15.3 Å². The second kappa shape index (κ2) is 8.74. The first-order valence-electron chi connectivity index (χ1n) is 10.7. The molecule has 1 aliphatic heterocycles. The number of rotatable bonds is 4. The molecular weight excluding hydrogens is 488 g/mol. The number of hydrogen-bond acceptors (Lipinski definition) is 6. The summed E-state index contributed by atoms with van der Waals surface area (Å²) in [7, 11) is -1.64. The lowest BCUT2D eigenvalue weighted by molar-refractivity contribution is -0.140. The zero-order valence-corrected chi connectivity index (χ0v) is 19.9. The molecule has 0 amide bonds. The van der Waals surface area contributed by atoms with Gasteiger partial charge in [0.15, 0.2) is 9.84 Å². The molecule has 3 heterocycles. The van der Waals surface area contributed by atoms with E-state index < -0.39 is 39.0 Å². The minimum atomic E-state index is -4.85. The van der Waals surface area contributed by atoms with Crippen molar-refractivity contribution in [2.45, 2.75) is 32.5 Å². The Labute approximate surface area is 198 Å². The van der Waals surface area contributed by atoms with E-state index in [1.807, 2.05) is 0 Å². The lowest BCUT2D eigenvalue weighted by Crippen LogP contribution is -2.24. The van der Waals surface area contributed by atoms with Crippen LogP contribution in [0.5, 0.6) is 0 Å². The SMILES string of the molecule is Cc1nc(N[C@H](C)c2cccc(C(F)(F)F)c2F)c2cc(C3=CCS(=O)(=O)CC3)n(C)c(=O)c2n1. The highest BCUT2D eigenvalue weighted by molar-refractivity contribution is 7.91. The van der Waals surface area contributed by atoms with Crippen LogP contribution in [0.25, 0.3) is 16.5 Å². The van der Waals surface area contributed by atoms with Crippen LogP contribution in [0.15, 0.2) is 35.1 Å². The third-order valence-electron chi connectivity index (χ3n) is 5.96. The second-order valence-electron chi connectivity index (χ2n) is 8.44. The fourth-order valence-electron chi connectivity index (χ4n) is 4.10. The number of anilines is 1. The predicted octanol–water partition coefficient (Wildman–Crippen LogP) is 4.17. The Kier molecular flexibility index (Phi) is 6.20. The van der Waals surface area contributed by atoms with Gasteiger partial charge in [0, 0.05) is 18.3 Å². The van der Waals surface area contributed by atoms with Gasteiger partial charge in [0.05, 0.1) is 28.5 Å². The fourth-order valence-corrected chi connectivity index (χ4v) is 5.25. The second-order valence-corrected chi connectivity index (χ2v) is 10.7. The Bertz CT molecular complexity index is 1530. The highest BCUT2D eigenvalue weighted by Crippen LogP contribution is 2.35. The lowest BCUT2D eigenvalue weighted by atomic mass is 10.0. The number of sulfone groups is 1. The molecule has 0 fully saturated rings. The van der Waals surface area contributed by atoms with Crippen LogP contribution in [0.4, 0.5) is 23.4 Å². The summed E-state index contributed by atoms with van der Waals surface area (Å²) in [6.07, 6.45) is -3.06. The molecule has 4 rings (SSSR count). The molecule has 0 radical (unpaired) electrons. The minimum Gasteiger partial charge on any atom is -0.363 e. The summed E-state index contributed by atoms with van der Waals surface area (Å²) in [4.78, 5) is 21.6. The monoisotopic (exact) mass is 510 g/mol. The number of pyridine rings is 1. The maximum atomic E-state index is 14.7. The number of benzene rings is 1. The maximum Gasteiger partial charge on any atom is 0.419 e. The smallest absolute Gasteiger partial charge is 0.363 e. The molecule has 0 unspecified atom stereocenters. The van der Waals surface area contributed by atoms with Crippen molar-refractivity contribution in [3.05, 3.63) is 69.2 Å². The normalized spacial score (nSPS) is 16.7. The first kappa shape index (κ1) is 24.8. The number of halogens is 4. The summed E-state index contributed by atoms with van der Waals surface area (Å²) in [5, 5.41) is 3.22. The van der Waals surface area contributed by atoms with Crippen molar-refractivity contribution in [3.63, 3.8) is 0 Å². The van der Waals surface area contributed by atoms with Gasteiger partial charge < -0.3 is 9.88 Å². The van der Waals surface area contributed by atoms with Crippen LogP contribution in [-0.2, 0) is 23.1 Å². The average molecular weight is 511 g/mol. The van der Waals surface area contributed by atoms with E-state index in [0.29, 0.717) is 22.7 Å². The fraction of sp³-hybridized carbons (Fsp3) is 0.348. The number of fused-ring (bicyclic) bond motifs is 1. The number of hydrogen-bond donors (Lipinski definition) is 1. The third-order valence-corrected chi connectivity index (χ3v) is 7.46. The van der Waals surface area contributed by atoms with E-state index in [9.17, 15) is 30.8 Å². The molecule has 1 N–H and O–H groups in total. The number of allylic oxidation sites excluding steroid dienone is 1. The van der Waals surface area contributed by atoms with Crippen molar-refractivity contribution < 1.29 is 26.0 Å². The van der Waals surface area contributed by atoms with Crippen LogP contribution in [0, 0.1) is 12.7 Å².